The van der Waals surface area contributed by atoms with Crippen LogP contribution >= 0.6 is 11.6 Å². The van der Waals surface area contributed by atoms with Crippen molar-refractivity contribution in [1.82, 2.24) is 0 Å². The SMILES string of the molecule is CCCN.Cc1ccc(NC(C)CC(=O)OC(C)(C)C)cc1Cl. The highest BCUT2D eigenvalue weighted by atomic mass is 35.5. The van der Waals surface area contributed by atoms with Crippen molar-refractivity contribution >= 4 is 23.3 Å². The molecule has 0 saturated heterocycles. The minimum atomic E-state index is -0.441. The van der Waals surface area contributed by atoms with E-state index >= 15 is 0 Å². The Morgan fingerprint density at radius 2 is 1.96 bits per heavy atom. The van der Waals surface area contributed by atoms with E-state index in [0.29, 0.717) is 6.42 Å². The average molecular weight is 343 g/mol. The highest BCUT2D eigenvalue weighted by Crippen LogP contribution is 2.21. The zero-order valence-corrected chi connectivity index (χ0v) is 16.0. The summed E-state index contributed by atoms with van der Waals surface area (Å²) in [6.45, 7) is 12.4. The Bertz CT molecular complexity index is 482. The number of esters is 1. The standard InChI is InChI=1S/C15H22ClNO2.C3H9N/c1-10-6-7-12(9-13(10)16)17-11(2)8-14(18)19-15(3,4)5;1-2-3-4/h6-7,9,11,17H,8H2,1-5H3;2-4H2,1H3. The minimum Gasteiger partial charge on any atom is -0.460 e. The number of nitrogens with two attached hydrogens (primary N) is 1. The number of hydrogen-bond donors (Lipinski definition) is 2. The van der Waals surface area contributed by atoms with Gasteiger partial charge in [-0.05, 0) is 65.3 Å². The zero-order chi connectivity index (χ0) is 18.0. The maximum Gasteiger partial charge on any atom is 0.308 e. The largest absolute Gasteiger partial charge is 0.460 e. The van der Waals surface area contributed by atoms with Crippen LogP contribution in [0, 0.1) is 6.92 Å². The first-order valence-corrected chi connectivity index (χ1v) is 8.41. The molecule has 5 heteroatoms. The number of carbonyl (C=O) groups excluding carboxylic acids is 1. The Morgan fingerprint density at radius 3 is 2.39 bits per heavy atom. The van der Waals surface area contributed by atoms with Crippen molar-refractivity contribution < 1.29 is 9.53 Å². The fourth-order valence-corrected chi connectivity index (χ4v) is 1.83. The lowest BCUT2D eigenvalue weighted by Gasteiger charge is -2.21. The Morgan fingerprint density at radius 1 is 1.39 bits per heavy atom. The molecule has 0 aliphatic rings. The van der Waals surface area contributed by atoms with Crippen LogP contribution in [0.5, 0.6) is 0 Å². The third-order valence-electron chi connectivity index (χ3n) is 2.77. The van der Waals surface area contributed by atoms with Gasteiger partial charge in [-0.2, -0.15) is 0 Å². The maximum absolute atomic E-state index is 11.7. The van der Waals surface area contributed by atoms with E-state index in [-0.39, 0.29) is 12.0 Å². The van der Waals surface area contributed by atoms with E-state index in [0.717, 1.165) is 29.2 Å². The molecular weight excluding hydrogens is 312 g/mol. The van der Waals surface area contributed by atoms with Crippen molar-refractivity contribution in [2.75, 3.05) is 11.9 Å². The van der Waals surface area contributed by atoms with Crippen LogP contribution in [0.25, 0.3) is 0 Å². The highest BCUT2D eigenvalue weighted by Gasteiger charge is 2.18. The van der Waals surface area contributed by atoms with E-state index < -0.39 is 5.60 Å². The molecule has 23 heavy (non-hydrogen) atoms. The molecule has 0 radical (unpaired) electrons. The first-order chi connectivity index (χ1) is 10.6. The van der Waals surface area contributed by atoms with Crippen molar-refractivity contribution in [1.29, 1.82) is 0 Å². The smallest absolute Gasteiger partial charge is 0.308 e. The van der Waals surface area contributed by atoms with Gasteiger partial charge < -0.3 is 15.8 Å². The number of rotatable bonds is 5. The fourth-order valence-electron chi connectivity index (χ4n) is 1.65. The molecule has 1 unspecified atom stereocenters. The van der Waals surface area contributed by atoms with E-state index in [4.69, 9.17) is 22.1 Å². The normalized spacial score (nSPS) is 12.0. The second-order valence-electron chi connectivity index (χ2n) is 6.59. The number of aryl methyl sites for hydroxylation is 1. The zero-order valence-electron chi connectivity index (χ0n) is 15.2. The monoisotopic (exact) mass is 342 g/mol. The van der Waals surface area contributed by atoms with Crippen molar-refractivity contribution in [3.8, 4) is 0 Å². The predicted octanol–water partition coefficient (Wildman–Crippen LogP) is 4.54. The predicted molar refractivity (Wildman–Crippen MR) is 99.1 cm³/mol. The summed E-state index contributed by atoms with van der Waals surface area (Å²) >= 11 is 6.06. The third-order valence-corrected chi connectivity index (χ3v) is 3.17. The molecule has 0 saturated carbocycles. The Hall–Kier alpha value is -1.26. The molecule has 3 N–H and O–H groups in total. The quantitative estimate of drug-likeness (QED) is 0.771. The van der Waals surface area contributed by atoms with E-state index in [9.17, 15) is 4.79 Å². The van der Waals surface area contributed by atoms with Crippen LogP contribution in [-0.2, 0) is 9.53 Å². The molecule has 0 heterocycles. The number of benzene rings is 1. The Kier molecular flexibility index (Phi) is 9.93. The Balaban J connectivity index is 0.00000108. The van der Waals surface area contributed by atoms with Crippen molar-refractivity contribution in [3.05, 3.63) is 28.8 Å². The van der Waals surface area contributed by atoms with Gasteiger partial charge in [-0.25, -0.2) is 0 Å². The Labute approximate surface area is 145 Å². The molecule has 1 aromatic rings. The summed E-state index contributed by atoms with van der Waals surface area (Å²) in [5, 5.41) is 3.96. The summed E-state index contributed by atoms with van der Waals surface area (Å²) in [5.41, 5.74) is 6.53. The number of ether oxygens (including phenoxy) is 1. The maximum atomic E-state index is 11.7. The van der Waals surface area contributed by atoms with Crippen LogP contribution in [0.2, 0.25) is 5.02 Å². The van der Waals surface area contributed by atoms with Gasteiger partial charge in [0.25, 0.3) is 0 Å². The van der Waals surface area contributed by atoms with Crippen molar-refractivity contribution in [3.63, 3.8) is 0 Å². The number of anilines is 1. The topological polar surface area (TPSA) is 64.3 Å². The molecule has 0 aliphatic heterocycles. The van der Waals surface area contributed by atoms with Crippen LogP contribution in [-0.4, -0.2) is 24.2 Å². The molecule has 0 aromatic heterocycles. The second kappa shape index (κ2) is 10.5. The van der Waals surface area contributed by atoms with E-state index in [2.05, 4.69) is 12.2 Å². The molecule has 1 rings (SSSR count). The number of nitrogens with one attached hydrogen (secondary N) is 1. The average Bonchev–Trinajstić information content (AvgIpc) is 2.40. The van der Waals surface area contributed by atoms with Crippen LogP contribution in [0.3, 0.4) is 0 Å². The van der Waals surface area contributed by atoms with Gasteiger partial charge in [0.2, 0.25) is 0 Å². The molecule has 1 aromatic carbocycles. The highest BCUT2D eigenvalue weighted by molar-refractivity contribution is 6.31. The molecular formula is C18H31ClN2O2. The number of carbonyl (C=O) groups is 1. The molecule has 4 nitrogen and oxygen atoms in total. The fraction of sp³-hybridized carbons (Fsp3) is 0.611. The van der Waals surface area contributed by atoms with Gasteiger partial charge in [-0.3, -0.25) is 4.79 Å². The van der Waals surface area contributed by atoms with Gasteiger partial charge in [0.05, 0.1) is 6.42 Å². The molecule has 0 amide bonds. The lowest BCUT2D eigenvalue weighted by Crippen LogP contribution is -2.28. The third kappa shape index (κ3) is 11.0. The summed E-state index contributed by atoms with van der Waals surface area (Å²) in [6.07, 6.45) is 1.42. The van der Waals surface area contributed by atoms with Gasteiger partial charge in [0.1, 0.15) is 5.60 Å². The van der Waals surface area contributed by atoms with E-state index in [1.807, 2.05) is 52.8 Å². The van der Waals surface area contributed by atoms with Gasteiger partial charge in [-0.15, -0.1) is 0 Å². The van der Waals surface area contributed by atoms with Crippen LogP contribution in [0.15, 0.2) is 18.2 Å². The summed E-state index contributed by atoms with van der Waals surface area (Å²) in [5.74, 6) is -0.203. The van der Waals surface area contributed by atoms with Crippen LogP contribution in [0.4, 0.5) is 5.69 Å². The van der Waals surface area contributed by atoms with Gasteiger partial charge in [0.15, 0.2) is 0 Å². The van der Waals surface area contributed by atoms with E-state index in [1.165, 1.54) is 0 Å². The van der Waals surface area contributed by atoms with Crippen molar-refractivity contribution in [2.45, 2.75) is 66.0 Å². The molecule has 0 bridgehead atoms. The summed E-state index contributed by atoms with van der Waals surface area (Å²) in [4.78, 5) is 11.7. The summed E-state index contributed by atoms with van der Waals surface area (Å²) in [6, 6.07) is 5.76. The van der Waals surface area contributed by atoms with Crippen LogP contribution in [0.1, 0.15) is 53.0 Å². The molecule has 0 spiro atoms. The first kappa shape index (κ1) is 21.7. The molecule has 132 valence electrons. The lowest BCUT2D eigenvalue weighted by molar-refractivity contribution is -0.154. The summed E-state index contributed by atoms with van der Waals surface area (Å²) in [7, 11) is 0. The molecule has 1 atom stereocenters. The van der Waals surface area contributed by atoms with Gasteiger partial charge in [0, 0.05) is 16.8 Å². The van der Waals surface area contributed by atoms with Gasteiger partial charge >= 0.3 is 5.97 Å². The second-order valence-corrected chi connectivity index (χ2v) is 7.00. The lowest BCUT2D eigenvalue weighted by atomic mass is 10.1. The van der Waals surface area contributed by atoms with Gasteiger partial charge in [-0.1, -0.05) is 24.6 Å². The molecule has 0 aliphatic carbocycles. The minimum absolute atomic E-state index is 0.00590. The van der Waals surface area contributed by atoms with Crippen molar-refractivity contribution in [2.24, 2.45) is 5.73 Å². The number of hydrogen-bond acceptors (Lipinski definition) is 4. The summed E-state index contributed by atoms with van der Waals surface area (Å²) < 4.78 is 5.28. The van der Waals surface area contributed by atoms with E-state index in [1.54, 1.807) is 0 Å². The number of halogens is 1. The van der Waals surface area contributed by atoms with Crippen LogP contribution < -0.4 is 11.1 Å². The first-order valence-electron chi connectivity index (χ1n) is 8.03. The molecule has 0 fully saturated rings.